The van der Waals surface area contributed by atoms with Crippen molar-refractivity contribution in [2.24, 2.45) is 50.7 Å². The summed E-state index contributed by atoms with van der Waals surface area (Å²) in [6, 6.07) is 0. The summed E-state index contributed by atoms with van der Waals surface area (Å²) < 4.78 is 0. The molecule has 0 bridgehead atoms. The minimum Gasteiger partial charge on any atom is -0.0841 e. The number of rotatable bonds is 0. The largest absolute Gasteiger partial charge is 0.0841 e. The fourth-order valence-electron chi connectivity index (χ4n) is 10.2. The highest BCUT2D eigenvalue weighted by atomic mass is 14.7. The topological polar surface area (TPSA) is 0 Å². The Morgan fingerprint density at radius 2 is 1.55 bits per heavy atom. The Morgan fingerprint density at radius 3 is 2.31 bits per heavy atom. The third-order valence-corrected chi connectivity index (χ3v) is 12.5. The summed E-state index contributed by atoms with van der Waals surface area (Å²) in [5.41, 5.74) is 4.59. The minimum absolute atomic E-state index is 0.447. The van der Waals surface area contributed by atoms with Crippen LogP contribution in [0.3, 0.4) is 0 Å². The van der Waals surface area contributed by atoms with Gasteiger partial charge in [0.15, 0.2) is 0 Å². The molecule has 0 heterocycles. The first-order chi connectivity index (χ1) is 13.5. The van der Waals surface area contributed by atoms with E-state index >= 15 is 0 Å². The molecule has 5 aliphatic carbocycles. The van der Waals surface area contributed by atoms with Crippen LogP contribution in [0.1, 0.15) is 119 Å². The van der Waals surface area contributed by atoms with Crippen molar-refractivity contribution in [1.82, 2.24) is 0 Å². The number of fused-ring (bicyclic) bond motifs is 7. The summed E-state index contributed by atoms with van der Waals surface area (Å²) in [4.78, 5) is 0. The van der Waals surface area contributed by atoms with E-state index in [9.17, 15) is 0 Å². The van der Waals surface area contributed by atoms with Crippen LogP contribution in [0.2, 0.25) is 0 Å². The molecule has 5 aliphatic rings. The predicted molar refractivity (Wildman–Crippen MR) is 125 cm³/mol. The third-order valence-electron chi connectivity index (χ3n) is 12.5. The predicted octanol–water partition coefficient (Wildman–Crippen LogP) is 8.81. The van der Waals surface area contributed by atoms with Crippen LogP contribution in [0.25, 0.3) is 0 Å². The van der Waals surface area contributed by atoms with Gasteiger partial charge in [0.2, 0.25) is 0 Å². The molecular formula is C29H48. The van der Waals surface area contributed by atoms with Gasteiger partial charge >= 0.3 is 0 Å². The van der Waals surface area contributed by atoms with Crippen LogP contribution in [0, 0.1) is 50.7 Å². The average molecular weight is 397 g/mol. The van der Waals surface area contributed by atoms with Gasteiger partial charge in [-0.05, 0) is 109 Å². The maximum atomic E-state index is 2.85. The Morgan fingerprint density at radius 1 is 0.828 bits per heavy atom. The molecule has 0 radical (unpaired) electrons. The van der Waals surface area contributed by atoms with E-state index in [0.717, 1.165) is 23.7 Å². The standard InChI is InChI=1S/C29H48/c1-20-9-8-13-27(5)21(20)12-14-29(7)24(27)11-10-22-23-19-25(2,3)15-16-26(23,4)17-18-28(22,29)6/h10,20-21,23-24H,8-9,11-19H2,1-7H3/t20-,21+,23+,24-,26-,27+,28-,29-/m1/s1. The van der Waals surface area contributed by atoms with Gasteiger partial charge in [-0.15, -0.1) is 0 Å². The van der Waals surface area contributed by atoms with Gasteiger partial charge in [0.25, 0.3) is 0 Å². The Labute approximate surface area is 181 Å². The smallest absolute Gasteiger partial charge is 0.00565 e. The second-order valence-electron chi connectivity index (χ2n) is 14.3. The van der Waals surface area contributed by atoms with Crippen molar-refractivity contribution < 1.29 is 0 Å². The van der Waals surface area contributed by atoms with E-state index in [-0.39, 0.29) is 0 Å². The summed E-state index contributed by atoms with van der Waals surface area (Å²) in [6.45, 7) is 18.6. The molecule has 4 saturated carbocycles. The summed E-state index contributed by atoms with van der Waals surface area (Å²) >= 11 is 0. The number of hydrogen-bond donors (Lipinski definition) is 0. The van der Waals surface area contributed by atoms with Gasteiger partial charge in [0, 0.05) is 0 Å². The lowest BCUT2D eigenvalue weighted by Crippen LogP contribution is -2.61. The van der Waals surface area contributed by atoms with Crippen molar-refractivity contribution >= 4 is 0 Å². The molecule has 0 aliphatic heterocycles. The zero-order valence-corrected chi connectivity index (χ0v) is 20.7. The SMILES string of the molecule is C[C@@H]1CCC[C@]2(C)[C@H]3CC=C4[C@@H]5CC(C)(C)CC[C@]5(C)CC[C@@]4(C)[C@]3(C)CC[C@@H]12. The Balaban J connectivity index is 1.57. The lowest BCUT2D eigenvalue weighted by atomic mass is 9.35. The average Bonchev–Trinajstić information content (AvgIpc) is 2.63. The van der Waals surface area contributed by atoms with Gasteiger partial charge in [0.1, 0.15) is 0 Å². The summed E-state index contributed by atoms with van der Waals surface area (Å²) in [7, 11) is 0. The molecule has 0 heteroatoms. The molecule has 0 nitrogen and oxygen atoms in total. The summed E-state index contributed by atoms with van der Waals surface area (Å²) in [6.07, 6.45) is 18.9. The van der Waals surface area contributed by atoms with E-state index in [4.69, 9.17) is 0 Å². The van der Waals surface area contributed by atoms with Crippen LogP contribution in [0.4, 0.5) is 0 Å². The molecule has 0 N–H and O–H groups in total. The van der Waals surface area contributed by atoms with Crippen LogP contribution < -0.4 is 0 Å². The summed E-state index contributed by atoms with van der Waals surface area (Å²) in [5, 5.41) is 0. The fraction of sp³-hybridized carbons (Fsp3) is 0.931. The van der Waals surface area contributed by atoms with Crippen molar-refractivity contribution in [2.45, 2.75) is 119 Å². The van der Waals surface area contributed by atoms with Gasteiger partial charge < -0.3 is 0 Å². The molecule has 164 valence electrons. The highest BCUT2D eigenvalue weighted by molar-refractivity contribution is 5.33. The van der Waals surface area contributed by atoms with Gasteiger partial charge in [0.05, 0.1) is 0 Å². The van der Waals surface area contributed by atoms with E-state index in [1.54, 1.807) is 0 Å². The molecular weight excluding hydrogens is 348 g/mol. The molecule has 0 amide bonds. The van der Waals surface area contributed by atoms with Crippen molar-refractivity contribution in [3.63, 3.8) is 0 Å². The first kappa shape index (κ1) is 20.6. The maximum Gasteiger partial charge on any atom is -0.00565 e. The van der Waals surface area contributed by atoms with Crippen molar-refractivity contribution in [3.05, 3.63) is 11.6 Å². The van der Waals surface area contributed by atoms with Crippen LogP contribution >= 0.6 is 0 Å². The first-order valence-electron chi connectivity index (χ1n) is 13.2. The number of allylic oxidation sites excluding steroid dienone is 2. The minimum atomic E-state index is 0.447. The van der Waals surface area contributed by atoms with Crippen LogP contribution in [-0.4, -0.2) is 0 Å². The Bertz CT molecular complexity index is 714. The van der Waals surface area contributed by atoms with E-state index < -0.39 is 0 Å². The first-order valence-corrected chi connectivity index (χ1v) is 13.2. The molecule has 0 spiro atoms. The molecule has 0 unspecified atom stereocenters. The lowest BCUT2D eigenvalue weighted by Gasteiger charge is -2.70. The Hall–Kier alpha value is -0.260. The number of hydrogen-bond acceptors (Lipinski definition) is 0. The zero-order valence-electron chi connectivity index (χ0n) is 20.7. The molecule has 5 rings (SSSR count). The zero-order chi connectivity index (χ0) is 20.9. The fourth-order valence-corrected chi connectivity index (χ4v) is 10.2. The van der Waals surface area contributed by atoms with Crippen LogP contribution in [0.15, 0.2) is 11.6 Å². The van der Waals surface area contributed by atoms with Crippen molar-refractivity contribution in [3.8, 4) is 0 Å². The van der Waals surface area contributed by atoms with E-state index in [2.05, 4.69) is 54.5 Å². The second-order valence-corrected chi connectivity index (χ2v) is 14.3. The maximum absolute atomic E-state index is 2.85. The normalized spacial score (nSPS) is 56.3. The van der Waals surface area contributed by atoms with Crippen LogP contribution in [-0.2, 0) is 0 Å². The highest BCUT2D eigenvalue weighted by Crippen LogP contribution is 2.74. The monoisotopic (exact) mass is 396 g/mol. The molecule has 0 aromatic carbocycles. The molecule has 4 fully saturated rings. The summed E-state index contributed by atoms with van der Waals surface area (Å²) in [5.74, 6) is 3.69. The second kappa shape index (κ2) is 6.16. The van der Waals surface area contributed by atoms with Gasteiger partial charge in [-0.1, -0.05) is 73.0 Å². The van der Waals surface area contributed by atoms with Gasteiger partial charge in [-0.2, -0.15) is 0 Å². The van der Waals surface area contributed by atoms with Gasteiger partial charge in [-0.3, -0.25) is 0 Å². The van der Waals surface area contributed by atoms with E-state index in [1.807, 2.05) is 5.57 Å². The highest BCUT2D eigenvalue weighted by Gasteiger charge is 2.65. The van der Waals surface area contributed by atoms with Crippen LogP contribution in [0.5, 0.6) is 0 Å². The van der Waals surface area contributed by atoms with Crippen molar-refractivity contribution in [2.75, 3.05) is 0 Å². The molecule has 8 atom stereocenters. The quantitative estimate of drug-likeness (QED) is 0.359. The van der Waals surface area contributed by atoms with E-state index in [0.29, 0.717) is 27.1 Å². The van der Waals surface area contributed by atoms with E-state index in [1.165, 1.54) is 70.6 Å². The van der Waals surface area contributed by atoms with Crippen molar-refractivity contribution in [1.29, 1.82) is 0 Å². The molecule has 29 heavy (non-hydrogen) atoms. The third kappa shape index (κ3) is 2.62. The lowest BCUT2D eigenvalue weighted by molar-refractivity contribution is -0.164. The molecule has 0 saturated heterocycles. The molecule has 0 aromatic rings. The van der Waals surface area contributed by atoms with Gasteiger partial charge in [-0.25, -0.2) is 0 Å². The Kier molecular flexibility index (Phi) is 4.38. The molecule has 0 aromatic heterocycles.